The molecule has 2 aliphatic rings. The molecule has 6 heteroatoms. The second kappa shape index (κ2) is 6.63. The molecule has 1 fully saturated rings. The number of nitrogens with one attached hydrogen (secondary N) is 1. The molecule has 2 heterocycles. The van der Waals surface area contributed by atoms with Gasteiger partial charge in [-0.2, -0.15) is 0 Å². The van der Waals surface area contributed by atoms with E-state index in [0.717, 1.165) is 12.8 Å². The topological polar surface area (TPSA) is 50.8 Å². The number of anilines is 1. The number of benzene rings is 2. The van der Waals surface area contributed by atoms with E-state index in [0.29, 0.717) is 42.5 Å². The lowest BCUT2D eigenvalue weighted by atomic mass is 10.0. The molecule has 1 atom stereocenters. The van der Waals surface area contributed by atoms with Gasteiger partial charge in [0.2, 0.25) is 0 Å². The molecule has 0 unspecified atom stereocenters. The van der Waals surface area contributed by atoms with Gasteiger partial charge in [0.25, 0.3) is 0 Å². The maximum Gasteiger partial charge on any atom is 0.322 e. The lowest BCUT2D eigenvalue weighted by Crippen LogP contribution is -2.34. The van der Waals surface area contributed by atoms with Gasteiger partial charge in [0.05, 0.1) is 6.04 Å². The Kier molecular flexibility index (Phi) is 4.17. The second-order valence-corrected chi connectivity index (χ2v) is 6.16. The molecule has 4 rings (SSSR count). The third kappa shape index (κ3) is 3.12. The third-order valence-corrected chi connectivity index (χ3v) is 4.57. The fourth-order valence-corrected chi connectivity index (χ4v) is 3.39. The number of likely N-dealkylation sites (tertiary alicyclic amines) is 1. The fourth-order valence-electron chi connectivity index (χ4n) is 3.39. The molecule has 25 heavy (non-hydrogen) atoms. The van der Waals surface area contributed by atoms with Crippen LogP contribution in [0, 0.1) is 5.82 Å². The first-order chi connectivity index (χ1) is 12.2. The van der Waals surface area contributed by atoms with E-state index in [-0.39, 0.29) is 17.9 Å². The third-order valence-electron chi connectivity index (χ3n) is 4.57. The van der Waals surface area contributed by atoms with Crippen LogP contribution in [0.3, 0.4) is 0 Å². The lowest BCUT2D eigenvalue weighted by Gasteiger charge is -2.26. The molecule has 2 aromatic carbocycles. The highest BCUT2D eigenvalue weighted by Crippen LogP contribution is 2.35. The number of ether oxygens (including phenoxy) is 2. The summed E-state index contributed by atoms with van der Waals surface area (Å²) in [6.07, 6.45) is 1.61. The summed E-state index contributed by atoms with van der Waals surface area (Å²) in [6.45, 7) is 1.62. The Bertz CT molecular complexity index is 796. The molecular formula is C19H19FN2O3. The molecule has 1 N–H and O–H groups in total. The molecule has 0 saturated carbocycles. The summed E-state index contributed by atoms with van der Waals surface area (Å²) >= 11 is 0. The number of hydrogen-bond acceptors (Lipinski definition) is 3. The lowest BCUT2D eigenvalue weighted by molar-refractivity contribution is 0.171. The van der Waals surface area contributed by atoms with Crippen LogP contribution in [0.4, 0.5) is 14.9 Å². The number of carbonyl (C=O) groups is 1. The van der Waals surface area contributed by atoms with E-state index in [1.54, 1.807) is 41.3 Å². The normalized spacial score (nSPS) is 18.9. The number of rotatable bonds is 2. The molecule has 0 radical (unpaired) electrons. The van der Waals surface area contributed by atoms with Gasteiger partial charge in [-0.3, -0.25) is 0 Å². The number of halogens is 1. The van der Waals surface area contributed by atoms with Crippen LogP contribution < -0.4 is 14.8 Å². The molecular weight excluding hydrogens is 323 g/mol. The van der Waals surface area contributed by atoms with Crippen LogP contribution in [0.2, 0.25) is 0 Å². The van der Waals surface area contributed by atoms with Gasteiger partial charge in [-0.15, -0.1) is 0 Å². The van der Waals surface area contributed by atoms with E-state index in [1.807, 2.05) is 0 Å². The average molecular weight is 342 g/mol. The van der Waals surface area contributed by atoms with Crippen LogP contribution >= 0.6 is 0 Å². The molecule has 2 amide bonds. The summed E-state index contributed by atoms with van der Waals surface area (Å²) in [6, 6.07) is 11.5. The van der Waals surface area contributed by atoms with Gasteiger partial charge in [0.15, 0.2) is 11.5 Å². The standard InChI is InChI=1S/C19H19FN2O3/c20-15-5-2-1-4-14(15)16-6-3-9-22(16)19(23)21-13-7-8-17-18(12-13)25-11-10-24-17/h1-2,4-5,7-8,12,16H,3,6,9-11H2,(H,21,23)/t16-/m1/s1. The predicted molar refractivity (Wildman–Crippen MR) is 91.5 cm³/mol. The number of carbonyl (C=O) groups excluding carboxylic acids is 1. The number of amides is 2. The molecule has 0 aromatic heterocycles. The Morgan fingerprint density at radius 1 is 1.12 bits per heavy atom. The van der Waals surface area contributed by atoms with Crippen molar-refractivity contribution in [3.05, 3.63) is 53.8 Å². The Balaban J connectivity index is 1.51. The average Bonchev–Trinajstić information content (AvgIpc) is 3.11. The molecule has 0 bridgehead atoms. The minimum absolute atomic E-state index is 0.234. The molecule has 2 aromatic rings. The van der Waals surface area contributed by atoms with E-state index in [1.165, 1.54) is 6.07 Å². The first kappa shape index (κ1) is 15.7. The van der Waals surface area contributed by atoms with Gasteiger partial charge in [0.1, 0.15) is 19.0 Å². The van der Waals surface area contributed by atoms with Crippen molar-refractivity contribution in [2.24, 2.45) is 0 Å². The van der Waals surface area contributed by atoms with E-state index < -0.39 is 0 Å². The maximum absolute atomic E-state index is 14.1. The Hall–Kier alpha value is -2.76. The van der Waals surface area contributed by atoms with Crippen LogP contribution in [0.5, 0.6) is 11.5 Å². The molecule has 5 nitrogen and oxygen atoms in total. The fraction of sp³-hybridized carbons (Fsp3) is 0.316. The predicted octanol–water partition coefficient (Wildman–Crippen LogP) is 3.97. The van der Waals surface area contributed by atoms with Crippen molar-refractivity contribution in [3.63, 3.8) is 0 Å². The highest BCUT2D eigenvalue weighted by atomic mass is 19.1. The zero-order chi connectivity index (χ0) is 17.2. The van der Waals surface area contributed by atoms with Crippen molar-refractivity contribution < 1.29 is 18.7 Å². The van der Waals surface area contributed by atoms with E-state index in [4.69, 9.17) is 9.47 Å². The zero-order valence-corrected chi connectivity index (χ0v) is 13.7. The smallest absolute Gasteiger partial charge is 0.322 e. The van der Waals surface area contributed by atoms with Crippen molar-refractivity contribution >= 4 is 11.7 Å². The number of hydrogen-bond donors (Lipinski definition) is 1. The highest BCUT2D eigenvalue weighted by molar-refractivity contribution is 5.90. The van der Waals surface area contributed by atoms with Crippen LogP contribution in [-0.2, 0) is 0 Å². The minimum Gasteiger partial charge on any atom is -0.486 e. The summed E-state index contributed by atoms with van der Waals surface area (Å²) in [5, 5.41) is 2.88. The van der Waals surface area contributed by atoms with Gasteiger partial charge < -0.3 is 19.7 Å². The molecule has 0 aliphatic carbocycles. The van der Waals surface area contributed by atoms with E-state index >= 15 is 0 Å². The van der Waals surface area contributed by atoms with Crippen LogP contribution in [0.15, 0.2) is 42.5 Å². The zero-order valence-electron chi connectivity index (χ0n) is 13.7. The van der Waals surface area contributed by atoms with E-state index in [2.05, 4.69) is 5.32 Å². The Morgan fingerprint density at radius 3 is 2.76 bits per heavy atom. The van der Waals surface area contributed by atoms with Gasteiger partial charge in [0, 0.05) is 23.9 Å². The van der Waals surface area contributed by atoms with Crippen molar-refractivity contribution in [3.8, 4) is 11.5 Å². The number of fused-ring (bicyclic) bond motifs is 1. The molecule has 0 spiro atoms. The van der Waals surface area contributed by atoms with Gasteiger partial charge >= 0.3 is 6.03 Å². The Morgan fingerprint density at radius 2 is 1.92 bits per heavy atom. The van der Waals surface area contributed by atoms with Crippen molar-refractivity contribution in [1.82, 2.24) is 4.90 Å². The first-order valence-corrected chi connectivity index (χ1v) is 8.44. The second-order valence-electron chi connectivity index (χ2n) is 6.16. The number of nitrogens with zero attached hydrogens (tertiary/aromatic N) is 1. The number of urea groups is 1. The SMILES string of the molecule is O=C(Nc1ccc2c(c1)OCCO2)N1CCC[C@@H]1c1ccccc1F. The van der Waals surface area contributed by atoms with Crippen molar-refractivity contribution in [2.75, 3.05) is 25.1 Å². The summed E-state index contributed by atoms with van der Waals surface area (Å²) in [5.74, 6) is 1.03. The monoisotopic (exact) mass is 342 g/mol. The summed E-state index contributed by atoms with van der Waals surface area (Å²) in [4.78, 5) is 14.4. The maximum atomic E-state index is 14.1. The van der Waals surface area contributed by atoms with Crippen LogP contribution in [0.25, 0.3) is 0 Å². The summed E-state index contributed by atoms with van der Waals surface area (Å²) in [5.41, 5.74) is 1.20. The van der Waals surface area contributed by atoms with Crippen LogP contribution in [-0.4, -0.2) is 30.7 Å². The van der Waals surface area contributed by atoms with Gasteiger partial charge in [-0.25, -0.2) is 9.18 Å². The molecule has 130 valence electrons. The molecule has 1 saturated heterocycles. The minimum atomic E-state index is -0.272. The molecule has 2 aliphatic heterocycles. The quantitative estimate of drug-likeness (QED) is 0.898. The largest absolute Gasteiger partial charge is 0.486 e. The van der Waals surface area contributed by atoms with Gasteiger partial charge in [-0.05, 0) is 31.0 Å². The first-order valence-electron chi connectivity index (χ1n) is 8.44. The summed E-state index contributed by atoms with van der Waals surface area (Å²) < 4.78 is 25.1. The summed E-state index contributed by atoms with van der Waals surface area (Å²) in [7, 11) is 0. The van der Waals surface area contributed by atoms with Gasteiger partial charge in [-0.1, -0.05) is 18.2 Å². The highest BCUT2D eigenvalue weighted by Gasteiger charge is 2.31. The van der Waals surface area contributed by atoms with E-state index in [9.17, 15) is 9.18 Å². The van der Waals surface area contributed by atoms with Crippen LogP contribution in [0.1, 0.15) is 24.4 Å². The Labute approximate surface area is 145 Å². The van der Waals surface area contributed by atoms with Crippen molar-refractivity contribution in [2.45, 2.75) is 18.9 Å². The van der Waals surface area contributed by atoms with Crippen molar-refractivity contribution in [1.29, 1.82) is 0 Å².